The molecule has 0 unspecified atom stereocenters. The molecule has 0 aliphatic carbocycles. The minimum Gasteiger partial charge on any atom is -0.243 e. The minimum atomic E-state index is -5.02. The maximum atomic E-state index is 12.9. The van der Waals surface area contributed by atoms with E-state index in [1.807, 2.05) is 0 Å². The molecule has 0 saturated heterocycles. The summed E-state index contributed by atoms with van der Waals surface area (Å²) in [5.41, 5.74) is -5.81. The van der Waals surface area contributed by atoms with Gasteiger partial charge >= 0.3 is 18.5 Å². The zero-order chi connectivity index (χ0) is 18.3. The summed E-state index contributed by atoms with van der Waals surface area (Å²) >= 11 is 0. The molecule has 0 bridgehead atoms. The Hall–Kier alpha value is -2.26. The van der Waals surface area contributed by atoms with Gasteiger partial charge in [-0.2, -0.15) is 39.5 Å². The minimum absolute atomic E-state index is 0.163. The van der Waals surface area contributed by atoms with Crippen LogP contribution in [-0.2, 0) is 18.5 Å². The summed E-state index contributed by atoms with van der Waals surface area (Å²) in [6, 6.07) is 2.58. The van der Waals surface area contributed by atoms with E-state index in [1.54, 1.807) is 0 Å². The lowest BCUT2D eigenvalue weighted by Crippen LogP contribution is -2.14. The molecule has 0 amide bonds. The Labute approximate surface area is 128 Å². The van der Waals surface area contributed by atoms with Crippen molar-refractivity contribution >= 4 is 0 Å². The first-order valence-electron chi connectivity index (χ1n) is 6.13. The summed E-state index contributed by atoms with van der Waals surface area (Å²) in [5.74, 6) is 0. The number of hydrogen-bond acceptors (Lipinski definition) is 1. The molecular formula is C14H6F9N. The summed E-state index contributed by atoms with van der Waals surface area (Å²) in [6.07, 6.45) is -14.7. The van der Waals surface area contributed by atoms with Gasteiger partial charge in [0.1, 0.15) is 5.69 Å². The van der Waals surface area contributed by atoms with Gasteiger partial charge in [-0.15, -0.1) is 0 Å². The summed E-state index contributed by atoms with van der Waals surface area (Å²) in [5, 5.41) is 0. The SMILES string of the molecule is FC(F)(F)c1ccc(-c2nc(C(F)(F)F)ccc2C(F)(F)F)cc1. The fourth-order valence-electron chi connectivity index (χ4n) is 1.88. The first-order valence-corrected chi connectivity index (χ1v) is 6.13. The van der Waals surface area contributed by atoms with Crippen LogP contribution in [0.4, 0.5) is 39.5 Å². The molecular weight excluding hydrogens is 353 g/mol. The zero-order valence-electron chi connectivity index (χ0n) is 11.3. The molecule has 10 heteroatoms. The molecule has 0 atom stereocenters. The van der Waals surface area contributed by atoms with Crippen LogP contribution in [0.15, 0.2) is 36.4 Å². The van der Waals surface area contributed by atoms with Crippen molar-refractivity contribution in [2.75, 3.05) is 0 Å². The van der Waals surface area contributed by atoms with Crippen LogP contribution in [0.2, 0.25) is 0 Å². The highest BCUT2D eigenvalue weighted by Gasteiger charge is 2.39. The van der Waals surface area contributed by atoms with E-state index in [2.05, 4.69) is 4.98 Å². The van der Waals surface area contributed by atoms with Crippen LogP contribution in [-0.4, -0.2) is 4.98 Å². The van der Waals surface area contributed by atoms with E-state index in [0.717, 1.165) is 0 Å². The monoisotopic (exact) mass is 359 g/mol. The second-order valence-electron chi connectivity index (χ2n) is 4.66. The Kier molecular flexibility index (Phi) is 4.28. The Morgan fingerprint density at radius 1 is 0.583 bits per heavy atom. The fourth-order valence-corrected chi connectivity index (χ4v) is 1.88. The maximum Gasteiger partial charge on any atom is 0.433 e. The van der Waals surface area contributed by atoms with Crippen LogP contribution in [0.5, 0.6) is 0 Å². The molecule has 0 fully saturated rings. The number of nitrogens with zero attached hydrogens (tertiary/aromatic N) is 1. The van der Waals surface area contributed by atoms with E-state index in [9.17, 15) is 39.5 Å². The summed E-state index contributed by atoms with van der Waals surface area (Å²) in [7, 11) is 0. The molecule has 1 aromatic carbocycles. The van der Waals surface area contributed by atoms with E-state index in [4.69, 9.17) is 0 Å². The molecule has 2 aromatic rings. The largest absolute Gasteiger partial charge is 0.433 e. The van der Waals surface area contributed by atoms with Gasteiger partial charge in [0.2, 0.25) is 0 Å². The van der Waals surface area contributed by atoms with Crippen molar-refractivity contribution in [2.45, 2.75) is 18.5 Å². The highest BCUT2D eigenvalue weighted by atomic mass is 19.4. The van der Waals surface area contributed by atoms with Crippen molar-refractivity contribution in [3.8, 4) is 11.3 Å². The second kappa shape index (κ2) is 5.67. The van der Waals surface area contributed by atoms with Gasteiger partial charge in [-0.25, -0.2) is 4.98 Å². The number of pyridine rings is 1. The molecule has 0 radical (unpaired) electrons. The van der Waals surface area contributed by atoms with Crippen LogP contribution in [0.25, 0.3) is 11.3 Å². The Bertz CT molecular complexity index is 724. The number of benzene rings is 1. The van der Waals surface area contributed by atoms with E-state index < -0.39 is 46.6 Å². The van der Waals surface area contributed by atoms with E-state index in [-0.39, 0.29) is 12.1 Å². The summed E-state index contributed by atoms with van der Waals surface area (Å²) in [6.45, 7) is 0. The molecule has 0 aliphatic heterocycles. The summed E-state index contributed by atoms with van der Waals surface area (Å²) in [4.78, 5) is 2.95. The van der Waals surface area contributed by atoms with Crippen LogP contribution >= 0.6 is 0 Å². The first kappa shape index (κ1) is 18.1. The molecule has 0 spiro atoms. The predicted octanol–water partition coefficient (Wildman–Crippen LogP) is 5.81. The van der Waals surface area contributed by atoms with Gasteiger partial charge in [0.25, 0.3) is 0 Å². The topological polar surface area (TPSA) is 12.9 Å². The lowest BCUT2D eigenvalue weighted by molar-refractivity contribution is -0.144. The number of alkyl halides is 9. The second-order valence-corrected chi connectivity index (χ2v) is 4.66. The van der Waals surface area contributed by atoms with Crippen LogP contribution in [0, 0.1) is 0 Å². The average molecular weight is 359 g/mol. The molecule has 1 nitrogen and oxygen atoms in total. The zero-order valence-corrected chi connectivity index (χ0v) is 11.3. The predicted molar refractivity (Wildman–Crippen MR) is 64.7 cm³/mol. The normalized spacial score (nSPS) is 13.2. The molecule has 24 heavy (non-hydrogen) atoms. The third-order valence-electron chi connectivity index (χ3n) is 2.98. The molecule has 1 heterocycles. The highest BCUT2D eigenvalue weighted by Crippen LogP contribution is 2.39. The molecule has 2 rings (SSSR count). The number of aromatic nitrogens is 1. The average Bonchev–Trinajstić information content (AvgIpc) is 2.44. The first-order chi connectivity index (χ1) is 10.8. The lowest BCUT2D eigenvalue weighted by atomic mass is 10.0. The van der Waals surface area contributed by atoms with Crippen molar-refractivity contribution in [1.82, 2.24) is 4.98 Å². The van der Waals surface area contributed by atoms with Crippen molar-refractivity contribution in [3.63, 3.8) is 0 Å². The van der Waals surface area contributed by atoms with Crippen LogP contribution in [0.3, 0.4) is 0 Å². The third kappa shape index (κ3) is 3.80. The smallest absolute Gasteiger partial charge is 0.243 e. The van der Waals surface area contributed by atoms with Gasteiger partial charge in [0.15, 0.2) is 0 Å². The standard InChI is InChI=1S/C14H6F9N/c15-12(16,17)8-3-1-7(2-4-8)11-9(13(18,19)20)5-6-10(24-11)14(21,22)23/h1-6H. The van der Waals surface area contributed by atoms with Crippen molar-refractivity contribution in [2.24, 2.45) is 0 Å². The van der Waals surface area contributed by atoms with Crippen LogP contribution < -0.4 is 0 Å². The quantitative estimate of drug-likeness (QED) is 0.586. The molecule has 0 saturated carbocycles. The van der Waals surface area contributed by atoms with Gasteiger partial charge in [-0.3, -0.25) is 0 Å². The van der Waals surface area contributed by atoms with E-state index >= 15 is 0 Å². The number of halogens is 9. The Balaban J connectivity index is 2.62. The highest BCUT2D eigenvalue weighted by molar-refractivity contribution is 5.64. The third-order valence-corrected chi connectivity index (χ3v) is 2.98. The van der Waals surface area contributed by atoms with Gasteiger partial charge in [0, 0.05) is 5.56 Å². The lowest BCUT2D eigenvalue weighted by Gasteiger charge is -2.15. The Morgan fingerprint density at radius 2 is 1.12 bits per heavy atom. The van der Waals surface area contributed by atoms with Crippen molar-refractivity contribution < 1.29 is 39.5 Å². The van der Waals surface area contributed by atoms with Crippen molar-refractivity contribution in [1.29, 1.82) is 0 Å². The van der Waals surface area contributed by atoms with Crippen LogP contribution in [0.1, 0.15) is 16.8 Å². The molecule has 0 N–H and O–H groups in total. The van der Waals surface area contributed by atoms with Crippen molar-refractivity contribution in [3.05, 3.63) is 53.2 Å². The van der Waals surface area contributed by atoms with Gasteiger partial charge < -0.3 is 0 Å². The van der Waals surface area contributed by atoms with Gasteiger partial charge in [-0.1, -0.05) is 12.1 Å². The molecule has 1 aromatic heterocycles. The number of hydrogen-bond donors (Lipinski definition) is 0. The fraction of sp³-hybridized carbons (Fsp3) is 0.214. The number of rotatable bonds is 1. The van der Waals surface area contributed by atoms with Gasteiger partial charge in [0.05, 0.1) is 16.8 Å². The van der Waals surface area contributed by atoms with Gasteiger partial charge in [-0.05, 0) is 24.3 Å². The molecule has 130 valence electrons. The molecule has 0 aliphatic rings. The van der Waals surface area contributed by atoms with E-state index in [1.165, 1.54) is 0 Å². The Morgan fingerprint density at radius 3 is 1.54 bits per heavy atom. The maximum absolute atomic E-state index is 12.9. The van der Waals surface area contributed by atoms with E-state index in [0.29, 0.717) is 24.3 Å². The summed E-state index contributed by atoms with van der Waals surface area (Å²) < 4.78 is 114.